The van der Waals surface area contributed by atoms with Gasteiger partial charge in [0.05, 0.1) is 22.3 Å². The van der Waals surface area contributed by atoms with E-state index in [0.717, 1.165) is 5.56 Å². The number of halogens is 2. The number of hydrogen-bond donors (Lipinski definition) is 2. The Bertz CT molecular complexity index is 1320. The fourth-order valence-electron chi connectivity index (χ4n) is 3.00. The molecular formula is C26H21BrClN3O4. The second-order valence-electron chi connectivity index (χ2n) is 7.34. The Balaban J connectivity index is 1.74. The first-order valence-electron chi connectivity index (χ1n) is 10.3. The number of anilines is 2. The first-order valence-corrected chi connectivity index (χ1v) is 11.5. The van der Waals surface area contributed by atoms with Crippen LogP contribution in [0, 0.1) is 18.3 Å². The molecule has 0 fully saturated rings. The molecule has 3 aromatic carbocycles. The number of para-hydroxylation sites is 1. The summed E-state index contributed by atoms with van der Waals surface area (Å²) in [4.78, 5) is 24.9. The summed E-state index contributed by atoms with van der Waals surface area (Å²) in [6.07, 6.45) is 1.41. The van der Waals surface area contributed by atoms with E-state index < -0.39 is 5.91 Å². The average molecular weight is 555 g/mol. The van der Waals surface area contributed by atoms with Crippen molar-refractivity contribution in [3.8, 4) is 17.6 Å². The fourth-order valence-corrected chi connectivity index (χ4v) is 3.76. The summed E-state index contributed by atoms with van der Waals surface area (Å²) in [5.41, 5.74) is 2.52. The van der Waals surface area contributed by atoms with Crippen molar-refractivity contribution in [3.05, 3.63) is 86.9 Å². The van der Waals surface area contributed by atoms with E-state index in [2.05, 4.69) is 26.6 Å². The summed E-state index contributed by atoms with van der Waals surface area (Å²) in [7, 11) is 1.45. The van der Waals surface area contributed by atoms with Gasteiger partial charge in [0.25, 0.3) is 11.8 Å². The van der Waals surface area contributed by atoms with Crippen molar-refractivity contribution in [1.29, 1.82) is 5.26 Å². The van der Waals surface area contributed by atoms with Crippen LogP contribution in [-0.4, -0.2) is 25.5 Å². The number of methoxy groups -OCH3 is 1. The molecular weight excluding hydrogens is 534 g/mol. The number of nitriles is 1. The number of benzene rings is 3. The van der Waals surface area contributed by atoms with E-state index in [-0.39, 0.29) is 18.1 Å². The monoisotopic (exact) mass is 553 g/mol. The van der Waals surface area contributed by atoms with Crippen molar-refractivity contribution < 1.29 is 19.1 Å². The van der Waals surface area contributed by atoms with Gasteiger partial charge in [-0.25, -0.2) is 0 Å². The second kappa shape index (κ2) is 12.1. The molecule has 2 N–H and O–H groups in total. The predicted octanol–water partition coefficient (Wildman–Crippen LogP) is 5.98. The van der Waals surface area contributed by atoms with Crippen LogP contribution >= 0.6 is 27.5 Å². The van der Waals surface area contributed by atoms with E-state index >= 15 is 0 Å². The summed E-state index contributed by atoms with van der Waals surface area (Å²) in [5.74, 6) is -0.320. The van der Waals surface area contributed by atoms with E-state index in [0.29, 0.717) is 37.9 Å². The zero-order chi connectivity index (χ0) is 25.4. The first kappa shape index (κ1) is 25.8. The molecule has 3 aromatic rings. The maximum atomic E-state index is 12.6. The van der Waals surface area contributed by atoms with Crippen molar-refractivity contribution in [2.24, 2.45) is 0 Å². The number of amides is 2. The summed E-state index contributed by atoms with van der Waals surface area (Å²) in [5, 5.41) is 15.2. The van der Waals surface area contributed by atoms with Gasteiger partial charge in [-0.2, -0.15) is 5.26 Å². The smallest absolute Gasteiger partial charge is 0.266 e. The molecule has 7 nitrogen and oxygen atoms in total. The van der Waals surface area contributed by atoms with Gasteiger partial charge in [-0.15, -0.1) is 0 Å². The Labute approximate surface area is 216 Å². The Morgan fingerprint density at radius 2 is 1.83 bits per heavy atom. The normalized spacial score (nSPS) is 10.8. The van der Waals surface area contributed by atoms with E-state index in [4.69, 9.17) is 21.1 Å². The van der Waals surface area contributed by atoms with Crippen LogP contribution in [0.15, 0.2) is 70.7 Å². The van der Waals surface area contributed by atoms with Crippen LogP contribution in [0.5, 0.6) is 11.5 Å². The number of carbonyl (C=O) groups is 2. The molecule has 0 spiro atoms. The molecule has 0 heterocycles. The van der Waals surface area contributed by atoms with Gasteiger partial charge in [-0.05, 0) is 70.9 Å². The third kappa shape index (κ3) is 7.09. The maximum absolute atomic E-state index is 12.6. The van der Waals surface area contributed by atoms with Crippen LogP contribution in [0.25, 0.3) is 6.08 Å². The van der Waals surface area contributed by atoms with E-state index in [1.807, 2.05) is 25.1 Å². The Morgan fingerprint density at radius 3 is 2.49 bits per heavy atom. The minimum absolute atomic E-state index is 0.134. The largest absolute Gasteiger partial charge is 0.493 e. The summed E-state index contributed by atoms with van der Waals surface area (Å²) >= 11 is 9.48. The molecule has 0 radical (unpaired) electrons. The summed E-state index contributed by atoms with van der Waals surface area (Å²) < 4.78 is 11.6. The average Bonchev–Trinajstić information content (AvgIpc) is 2.84. The van der Waals surface area contributed by atoms with Crippen LogP contribution < -0.4 is 20.1 Å². The van der Waals surface area contributed by atoms with Crippen molar-refractivity contribution >= 4 is 56.8 Å². The SMILES string of the molecule is COc1cc(/C=C(\C#N)C(=O)Nc2ccccc2Cl)cc(Br)c1OCC(=O)Nc1ccc(C)cc1. The number of carbonyl (C=O) groups excluding carboxylic acids is 2. The van der Waals surface area contributed by atoms with E-state index in [1.165, 1.54) is 13.2 Å². The van der Waals surface area contributed by atoms with E-state index in [1.54, 1.807) is 48.5 Å². The highest BCUT2D eigenvalue weighted by atomic mass is 79.9. The number of nitrogens with zero attached hydrogens (tertiary/aromatic N) is 1. The molecule has 0 saturated heterocycles. The Hall–Kier alpha value is -3.80. The maximum Gasteiger partial charge on any atom is 0.266 e. The number of rotatable bonds is 8. The van der Waals surface area contributed by atoms with Gasteiger partial charge in [-0.1, -0.05) is 41.4 Å². The third-order valence-electron chi connectivity index (χ3n) is 4.73. The molecule has 35 heavy (non-hydrogen) atoms. The fraction of sp³-hybridized carbons (Fsp3) is 0.115. The van der Waals surface area contributed by atoms with Crippen molar-refractivity contribution in [3.63, 3.8) is 0 Å². The van der Waals surface area contributed by atoms with Crippen molar-refractivity contribution in [2.45, 2.75) is 6.92 Å². The zero-order valence-corrected chi connectivity index (χ0v) is 21.2. The number of ether oxygens (including phenoxy) is 2. The van der Waals surface area contributed by atoms with E-state index in [9.17, 15) is 14.9 Å². The minimum atomic E-state index is -0.608. The highest BCUT2D eigenvalue weighted by Gasteiger charge is 2.16. The lowest BCUT2D eigenvalue weighted by atomic mass is 10.1. The molecule has 0 bridgehead atoms. The zero-order valence-electron chi connectivity index (χ0n) is 18.9. The molecule has 0 unspecified atom stereocenters. The second-order valence-corrected chi connectivity index (χ2v) is 8.60. The summed E-state index contributed by atoms with van der Waals surface area (Å²) in [6, 6.07) is 19.3. The quantitative estimate of drug-likeness (QED) is 0.263. The van der Waals surface area contributed by atoms with Gasteiger partial charge in [0.15, 0.2) is 18.1 Å². The van der Waals surface area contributed by atoms with Crippen molar-refractivity contribution in [1.82, 2.24) is 0 Å². The van der Waals surface area contributed by atoms with Gasteiger partial charge < -0.3 is 20.1 Å². The van der Waals surface area contributed by atoms with Crippen LogP contribution in [0.3, 0.4) is 0 Å². The van der Waals surface area contributed by atoms with Crippen LogP contribution in [-0.2, 0) is 9.59 Å². The van der Waals surface area contributed by atoms with Crippen LogP contribution in [0.4, 0.5) is 11.4 Å². The molecule has 178 valence electrons. The van der Waals surface area contributed by atoms with Crippen LogP contribution in [0.2, 0.25) is 5.02 Å². The van der Waals surface area contributed by atoms with Crippen molar-refractivity contribution in [2.75, 3.05) is 24.4 Å². The lowest BCUT2D eigenvalue weighted by molar-refractivity contribution is -0.118. The molecule has 0 atom stereocenters. The molecule has 0 aliphatic heterocycles. The summed E-state index contributed by atoms with van der Waals surface area (Å²) in [6.45, 7) is 1.71. The van der Waals surface area contributed by atoms with Gasteiger partial charge >= 0.3 is 0 Å². The lowest BCUT2D eigenvalue weighted by Gasteiger charge is -2.14. The molecule has 0 aliphatic rings. The minimum Gasteiger partial charge on any atom is -0.493 e. The highest BCUT2D eigenvalue weighted by molar-refractivity contribution is 9.10. The number of hydrogen-bond acceptors (Lipinski definition) is 5. The molecule has 0 aliphatic carbocycles. The highest BCUT2D eigenvalue weighted by Crippen LogP contribution is 2.37. The first-order chi connectivity index (χ1) is 16.8. The molecule has 3 rings (SSSR count). The molecule has 0 saturated carbocycles. The Kier molecular flexibility index (Phi) is 8.90. The van der Waals surface area contributed by atoms with Gasteiger partial charge in [0.1, 0.15) is 11.6 Å². The standard InChI is InChI=1S/C26H21BrClN3O4/c1-16-7-9-19(10-8-16)30-24(32)15-35-25-20(27)12-17(13-23(25)34-2)11-18(14-29)26(33)31-22-6-4-3-5-21(22)28/h3-13H,15H2,1-2H3,(H,30,32)(H,31,33)/b18-11+. The third-order valence-corrected chi connectivity index (χ3v) is 5.65. The number of nitrogens with one attached hydrogen (secondary N) is 2. The number of aryl methyl sites for hydroxylation is 1. The van der Waals surface area contributed by atoms with Gasteiger partial charge in [0.2, 0.25) is 0 Å². The van der Waals surface area contributed by atoms with Crippen LogP contribution in [0.1, 0.15) is 11.1 Å². The lowest BCUT2D eigenvalue weighted by Crippen LogP contribution is -2.20. The van der Waals surface area contributed by atoms with Gasteiger partial charge in [0, 0.05) is 5.69 Å². The predicted molar refractivity (Wildman–Crippen MR) is 140 cm³/mol. The molecule has 2 amide bonds. The Morgan fingerprint density at radius 1 is 1.11 bits per heavy atom. The molecule has 0 aromatic heterocycles. The molecule has 9 heteroatoms. The topological polar surface area (TPSA) is 100 Å². The van der Waals surface area contributed by atoms with Gasteiger partial charge in [-0.3, -0.25) is 9.59 Å².